The first-order valence-corrected chi connectivity index (χ1v) is 16.9. The second kappa shape index (κ2) is 11.8. The Bertz CT molecular complexity index is 2690. The molecule has 0 fully saturated rings. The predicted molar refractivity (Wildman–Crippen MR) is 206 cm³/mol. The van der Waals surface area contributed by atoms with Crippen molar-refractivity contribution in [2.45, 2.75) is 0 Å². The Balaban J connectivity index is 1.07. The van der Waals surface area contributed by atoms with Crippen molar-refractivity contribution >= 4 is 38.9 Å². The number of benzene rings is 6. The molecule has 0 saturated heterocycles. The fourth-order valence-corrected chi connectivity index (χ4v) is 7.07. The van der Waals surface area contributed by atoms with Gasteiger partial charge in [0.25, 0.3) is 0 Å². The van der Waals surface area contributed by atoms with Crippen molar-refractivity contribution < 1.29 is 0 Å². The van der Waals surface area contributed by atoms with Crippen molar-refractivity contribution in [3.8, 4) is 56.5 Å². The molecule has 0 radical (unpaired) electrons. The van der Waals surface area contributed by atoms with Gasteiger partial charge in [-0.25, -0.2) is 19.9 Å². The summed E-state index contributed by atoms with van der Waals surface area (Å²) in [5.74, 6) is 2.80. The molecule has 4 heterocycles. The first-order chi connectivity index (χ1) is 25.3. The summed E-state index contributed by atoms with van der Waals surface area (Å²) in [6.45, 7) is 0. The summed E-state index contributed by atoms with van der Waals surface area (Å²) >= 11 is 0. The topological polar surface area (TPSA) is 67.7 Å². The summed E-state index contributed by atoms with van der Waals surface area (Å²) in [7, 11) is 0. The zero-order valence-electron chi connectivity index (χ0n) is 27.3. The van der Waals surface area contributed by atoms with Crippen LogP contribution in [-0.4, -0.2) is 24.9 Å². The van der Waals surface area contributed by atoms with E-state index in [0.29, 0.717) is 17.5 Å². The van der Waals surface area contributed by atoms with Crippen LogP contribution in [0.5, 0.6) is 0 Å². The van der Waals surface area contributed by atoms with Crippen molar-refractivity contribution in [1.82, 2.24) is 24.9 Å². The summed E-state index contributed by atoms with van der Waals surface area (Å²) in [5, 5.41) is 3.34. The van der Waals surface area contributed by atoms with E-state index in [-0.39, 0.29) is 0 Å². The average molecular weight is 653 g/mol. The average Bonchev–Trinajstić information content (AvgIpc) is 3.22. The first-order valence-electron chi connectivity index (χ1n) is 16.9. The molecular weight excluding hydrogens is 625 g/mol. The van der Waals surface area contributed by atoms with Gasteiger partial charge in [0.05, 0.1) is 22.3 Å². The molecule has 0 amide bonds. The minimum atomic E-state index is 0.629. The highest BCUT2D eigenvalue weighted by Crippen LogP contribution is 2.50. The van der Waals surface area contributed by atoms with Gasteiger partial charge >= 0.3 is 0 Å². The molecule has 0 bridgehead atoms. The number of pyridine rings is 2. The van der Waals surface area contributed by atoms with E-state index in [1.54, 1.807) is 0 Å². The van der Waals surface area contributed by atoms with E-state index in [0.717, 1.165) is 77.9 Å². The molecule has 0 spiro atoms. The number of fused-ring (bicyclic) bond motifs is 4. The van der Waals surface area contributed by atoms with Crippen molar-refractivity contribution in [3.05, 3.63) is 170 Å². The number of aromatic nitrogens is 5. The number of rotatable bonds is 5. The molecule has 3 aromatic heterocycles. The van der Waals surface area contributed by atoms with Gasteiger partial charge in [-0.05, 0) is 52.9 Å². The smallest absolute Gasteiger partial charge is 0.164 e. The molecule has 1 aliphatic heterocycles. The Labute approximate surface area is 294 Å². The lowest BCUT2D eigenvalue weighted by molar-refractivity contribution is 1.07. The molecule has 6 aromatic carbocycles. The van der Waals surface area contributed by atoms with Crippen LogP contribution in [0.3, 0.4) is 0 Å². The summed E-state index contributed by atoms with van der Waals surface area (Å²) in [6, 6.07) is 56.1. The Hall–Kier alpha value is -7.05. The molecule has 10 rings (SSSR count). The SMILES string of the molecule is c1ccc(-c2nc(-c3ccccc3)nc(-c3cccc(-c4ccc(N5c6ccccc6-c6nccc7c6c5nc5ccccc57)cc4)c3)n2)cc1. The number of hydrogen-bond donors (Lipinski definition) is 0. The van der Waals surface area contributed by atoms with E-state index in [4.69, 9.17) is 24.9 Å². The van der Waals surface area contributed by atoms with Crippen molar-refractivity contribution in [2.75, 3.05) is 4.90 Å². The van der Waals surface area contributed by atoms with Gasteiger partial charge in [-0.1, -0.05) is 127 Å². The van der Waals surface area contributed by atoms with Crippen LogP contribution in [0, 0.1) is 0 Å². The van der Waals surface area contributed by atoms with E-state index >= 15 is 0 Å². The summed E-state index contributed by atoms with van der Waals surface area (Å²) in [6.07, 6.45) is 1.91. The van der Waals surface area contributed by atoms with E-state index in [1.807, 2.05) is 72.9 Å². The molecule has 0 unspecified atom stereocenters. The van der Waals surface area contributed by atoms with Gasteiger partial charge in [0, 0.05) is 39.5 Å². The molecule has 51 heavy (non-hydrogen) atoms. The molecule has 6 heteroatoms. The highest BCUT2D eigenvalue weighted by molar-refractivity contribution is 6.19. The molecular formula is C45H28N6. The van der Waals surface area contributed by atoms with Crippen LogP contribution in [0.1, 0.15) is 0 Å². The molecule has 238 valence electrons. The third-order valence-corrected chi connectivity index (χ3v) is 9.49. The van der Waals surface area contributed by atoms with Crippen LogP contribution in [-0.2, 0) is 0 Å². The van der Waals surface area contributed by atoms with Crippen LogP contribution in [0.25, 0.3) is 78.2 Å². The van der Waals surface area contributed by atoms with Gasteiger partial charge in [-0.3, -0.25) is 9.88 Å². The van der Waals surface area contributed by atoms with Crippen molar-refractivity contribution in [1.29, 1.82) is 0 Å². The third-order valence-electron chi connectivity index (χ3n) is 9.49. The second-order valence-corrected chi connectivity index (χ2v) is 12.6. The molecule has 0 aliphatic carbocycles. The zero-order valence-corrected chi connectivity index (χ0v) is 27.3. The van der Waals surface area contributed by atoms with E-state index in [2.05, 4.69) is 102 Å². The summed E-state index contributed by atoms with van der Waals surface area (Å²) in [4.78, 5) is 27.1. The lowest BCUT2D eigenvalue weighted by atomic mass is 9.95. The normalized spacial score (nSPS) is 11.9. The number of anilines is 3. The quantitative estimate of drug-likeness (QED) is 0.172. The van der Waals surface area contributed by atoms with Crippen LogP contribution in [0.15, 0.2) is 170 Å². The standard InChI is InChI=1S/C45H28N6/c1-3-12-30(13-4-1)42-48-43(31-14-5-2-6-15-31)50-44(49-42)33-17-11-16-32(28-33)29-22-24-34(25-23-29)51-39-21-10-8-19-37(39)41-40-36(26-27-46-41)35-18-7-9-20-38(35)47-45(40)51/h1-28H. The molecule has 0 saturated carbocycles. The summed E-state index contributed by atoms with van der Waals surface area (Å²) < 4.78 is 0. The maximum atomic E-state index is 5.24. The molecule has 0 atom stereocenters. The Morgan fingerprint density at radius 2 is 1.02 bits per heavy atom. The third kappa shape index (κ3) is 4.92. The van der Waals surface area contributed by atoms with Gasteiger partial charge in [0.2, 0.25) is 0 Å². The number of para-hydroxylation sites is 2. The van der Waals surface area contributed by atoms with Gasteiger partial charge < -0.3 is 0 Å². The Kier molecular flexibility index (Phi) is 6.70. The van der Waals surface area contributed by atoms with Gasteiger partial charge in [0.15, 0.2) is 17.5 Å². The largest absolute Gasteiger partial charge is 0.294 e. The minimum Gasteiger partial charge on any atom is -0.294 e. The van der Waals surface area contributed by atoms with Crippen molar-refractivity contribution in [3.63, 3.8) is 0 Å². The molecule has 9 aromatic rings. The van der Waals surface area contributed by atoms with Gasteiger partial charge in [-0.2, -0.15) is 0 Å². The lowest BCUT2D eigenvalue weighted by Crippen LogP contribution is -2.17. The van der Waals surface area contributed by atoms with Gasteiger partial charge in [0.1, 0.15) is 5.82 Å². The van der Waals surface area contributed by atoms with Crippen molar-refractivity contribution in [2.24, 2.45) is 0 Å². The predicted octanol–water partition coefficient (Wildman–Crippen LogP) is 11.1. The molecule has 1 aliphatic rings. The fraction of sp³-hybridized carbons (Fsp3) is 0. The van der Waals surface area contributed by atoms with E-state index in [1.165, 1.54) is 0 Å². The lowest BCUT2D eigenvalue weighted by Gasteiger charge is -2.32. The highest BCUT2D eigenvalue weighted by atomic mass is 15.2. The Morgan fingerprint density at radius 1 is 0.412 bits per heavy atom. The van der Waals surface area contributed by atoms with E-state index < -0.39 is 0 Å². The zero-order chi connectivity index (χ0) is 33.7. The van der Waals surface area contributed by atoms with Crippen LogP contribution in [0.2, 0.25) is 0 Å². The van der Waals surface area contributed by atoms with Crippen LogP contribution in [0.4, 0.5) is 17.2 Å². The first kappa shape index (κ1) is 28.9. The highest BCUT2D eigenvalue weighted by Gasteiger charge is 2.29. The monoisotopic (exact) mass is 652 g/mol. The van der Waals surface area contributed by atoms with Crippen LogP contribution >= 0.6 is 0 Å². The second-order valence-electron chi connectivity index (χ2n) is 12.6. The number of nitrogens with zero attached hydrogens (tertiary/aromatic N) is 6. The van der Waals surface area contributed by atoms with Gasteiger partial charge in [-0.15, -0.1) is 0 Å². The minimum absolute atomic E-state index is 0.629. The van der Waals surface area contributed by atoms with Crippen LogP contribution < -0.4 is 4.90 Å². The maximum Gasteiger partial charge on any atom is 0.164 e. The maximum absolute atomic E-state index is 5.24. The molecule has 6 nitrogen and oxygen atoms in total. The number of hydrogen-bond acceptors (Lipinski definition) is 6. The molecule has 0 N–H and O–H groups in total. The Morgan fingerprint density at radius 3 is 1.76 bits per heavy atom. The fourth-order valence-electron chi connectivity index (χ4n) is 7.07. The van der Waals surface area contributed by atoms with E-state index in [9.17, 15) is 0 Å². The summed E-state index contributed by atoms with van der Waals surface area (Å²) in [5.41, 5.74) is 10.1.